The number of nitrogens with two attached hydrogens (primary N) is 1. The fourth-order valence-corrected chi connectivity index (χ4v) is 5.34. The van der Waals surface area contributed by atoms with Gasteiger partial charge in [0.15, 0.2) is 0 Å². The minimum atomic E-state index is -0.627. The molecule has 0 radical (unpaired) electrons. The Labute approximate surface area is 219 Å². The number of rotatable bonds is 7. The number of nitrogens with zero attached hydrogens (tertiary/aromatic N) is 3. The zero-order valence-electron chi connectivity index (χ0n) is 20.2. The number of hydrogen-bond donors (Lipinski definition) is 4. The number of phenols is 1. The molecule has 37 heavy (non-hydrogen) atoms. The topological polar surface area (TPSA) is 124 Å². The molecule has 1 unspecified atom stereocenters. The molecule has 0 saturated heterocycles. The predicted octanol–water partition coefficient (Wildman–Crippen LogP) is 4.29. The maximum absolute atomic E-state index is 13.8. The van der Waals surface area contributed by atoms with E-state index >= 15 is 0 Å². The summed E-state index contributed by atoms with van der Waals surface area (Å²) in [6.45, 7) is 2.18. The fraction of sp³-hybridized carbons (Fsp3) is 0.148. The molecule has 2 aromatic heterocycles. The molecule has 5 N–H and O–H groups in total. The average Bonchev–Trinajstić information content (AvgIpc) is 3.56. The summed E-state index contributed by atoms with van der Waals surface area (Å²) < 4.78 is 0. The number of amides is 1. The van der Waals surface area contributed by atoms with Crippen molar-refractivity contribution in [3.8, 4) is 16.2 Å². The lowest BCUT2D eigenvalue weighted by Crippen LogP contribution is -2.29. The average molecular weight is 511 g/mol. The number of pyridine rings is 1. The second-order valence-corrected chi connectivity index (χ2v) is 9.91. The van der Waals surface area contributed by atoms with Crippen LogP contribution >= 0.6 is 11.3 Å². The summed E-state index contributed by atoms with van der Waals surface area (Å²) in [6.07, 6.45) is 2.08. The highest BCUT2D eigenvalue weighted by molar-refractivity contribution is 7.17. The van der Waals surface area contributed by atoms with Gasteiger partial charge in [-0.3, -0.25) is 4.79 Å². The van der Waals surface area contributed by atoms with Gasteiger partial charge in [0, 0.05) is 35.2 Å². The molecule has 5 rings (SSSR count). The number of anilines is 1. The summed E-state index contributed by atoms with van der Waals surface area (Å²) >= 11 is 1.39. The third-order valence-corrected chi connectivity index (χ3v) is 7.33. The van der Waals surface area contributed by atoms with Crippen LogP contribution in [0.4, 0.5) is 5.82 Å². The van der Waals surface area contributed by atoms with Crippen LogP contribution in [0.5, 0.6) is 5.75 Å². The van der Waals surface area contributed by atoms with E-state index in [-0.39, 0.29) is 11.7 Å². The summed E-state index contributed by atoms with van der Waals surface area (Å²) in [6, 6.07) is 21.7. The number of nitrogens with one attached hydrogen (secondary N) is 1. The maximum Gasteiger partial charge on any atom is 0.373 e. The van der Waals surface area contributed by atoms with Crippen molar-refractivity contribution in [3.63, 3.8) is 0 Å². The van der Waals surface area contributed by atoms with Crippen LogP contribution in [0.3, 0.4) is 0 Å². The van der Waals surface area contributed by atoms with Gasteiger partial charge >= 0.3 is 7.05 Å². The van der Waals surface area contributed by atoms with E-state index < -0.39 is 13.1 Å². The molecular formula is C27H26BN5O3S. The van der Waals surface area contributed by atoms with Gasteiger partial charge in [0.2, 0.25) is 0 Å². The molecule has 0 spiro atoms. The number of aromatic hydroxyl groups is 1. The fourth-order valence-electron chi connectivity index (χ4n) is 4.34. The zero-order valence-corrected chi connectivity index (χ0v) is 21.0. The first-order valence-corrected chi connectivity index (χ1v) is 12.7. The van der Waals surface area contributed by atoms with Crippen LogP contribution in [-0.2, 0) is 6.54 Å². The normalized spacial score (nSPS) is 15.0. The van der Waals surface area contributed by atoms with Crippen molar-refractivity contribution in [2.24, 2.45) is 5.10 Å². The Kier molecular flexibility index (Phi) is 7.05. The predicted molar refractivity (Wildman–Crippen MR) is 147 cm³/mol. The lowest BCUT2D eigenvalue weighted by Gasteiger charge is -2.22. The quantitative estimate of drug-likeness (QED) is 0.275. The van der Waals surface area contributed by atoms with Gasteiger partial charge in [-0.15, -0.1) is 11.3 Å². The van der Waals surface area contributed by atoms with Gasteiger partial charge in [0.05, 0.1) is 16.6 Å². The van der Waals surface area contributed by atoms with E-state index in [0.29, 0.717) is 34.9 Å². The van der Waals surface area contributed by atoms with Crippen LogP contribution in [0.15, 0.2) is 84.1 Å². The molecule has 3 heterocycles. The Hall–Kier alpha value is -3.99. The highest BCUT2D eigenvalue weighted by Gasteiger charge is 2.35. The number of phenolic OH excluding ortho intramolecular Hbond substituents is 1. The van der Waals surface area contributed by atoms with Crippen LogP contribution in [-0.4, -0.2) is 38.8 Å². The van der Waals surface area contributed by atoms with Crippen molar-refractivity contribution in [2.75, 3.05) is 5.73 Å². The van der Waals surface area contributed by atoms with Gasteiger partial charge in [-0.1, -0.05) is 42.5 Å². The Morgan fingerprint density at radius 2 is 1.92 bits per heavy atom. The summed E-state index contributed by atoms with van der Waals surface area (Å²) in [4.78, 5) is 19.4. The van der Waals surface area contributed by atoms with Gasteiger partial charge < -0.3 is 21.1 Å². The zero-order chi connectivity index (χ0) is 25.9. The summed E-state index contributed by atoms with van der Waals surface area (Å²) in [5.41, 5.74) is 9.86. The number of para-hydroxylation sites is 1. The van der Waals surface area contributed by atoms with Crippen LogP contribution in [0, 0.1) is 0 Å². The van der Waals surface area contributed by atoms with Crippen molar-refractivity contribution in [2.45, 2.75) is 25.8 Å². The first-order valence-electron chi connectivity index (χ1n) is 11.9. The second kappa shape index (κ2) is 10.6. The van der Waals surface area contributed by atoms with E-state index in [4.69, 9.17) is 5.73 Å². The highest BCUT2D eigenvalue weighted by Crippen LogP contribution is 2.39. The Morgan fingerprint density at radius 3 is 2.68 bits per heavy atom. The Morgan fingerprint density at radius 1 is 1.14 bits per heavy atom. The van der Waals surface area contributed by atoms with Crippen molar-refractivity contribution in [3.05, 3.63) is 101 Å². The molecule has 1 aliphatic heterocycles. The lowest BCUT2D eigenvalue weighted by atomic mass is 9.88. The second-order valence-electron chi connectivity index (χ2n) is 8.82. The molecule has 0 saturated carbocycles. The smallest absolute Gasteiger partial charge is 0.373 e. The number of aromatic nitrogens is 1. The summed E-state index contributed by atoms with van der Waals surface area (Å²) in [5.74, 6) is 0.272. The molecule has 186 valence electrons. The molecule has 2 aromatic carbocycles. The maximum atomic E-state index is 13.8. The SMILES string of the molecule is CB(O)NCc1ccccc1-c1ccc(C(=O)N2N=C(c3ccc(N)nc3)CC2c2ccccc2O)s1. The largest absolute Gasteiger partial charge is 0.508 e. The number of carbonyl (C=O) groups excluding carboxylic acids is 1. The van der Waals surface area contributed by atoms with Crippen molar-refractivity contribution >= 4 is 35.8 Å². The number of nitrogen functional groups attached to an aromatic ring is 1. The number of carbonyl (C=O) groups is 1. The molecule has 1 atom stereocenters. The van der Waals surface area contributed by atoms with Gasteiger partial charge in [-0.05, 0) is 48.3 Å². The minimum absolute atomic E-state index is 0.114. The standard InChI is InChI=1S/C27H26BN5O3S/c1-28(36)31-16-17-6-2-3-7-19(17)24-11-12-25(37-24)27(35)33-22(20-8-4-5-9-23(20)34)14-21(32-33)18-10-13-26(29)30-15-18/h2-13,15,22,31,34,36H,14,16H2,1H3,(H2,29,30). The molecule has 1 aliphatic rings. The van der Waals surface area contributed by atoms with Gasteiger partial charge in [-0.25, -0.2) is 9.99 Å². The van der Waals surface area contributed by atoms with Gasteiger partial charge in [-0.2, -0.15) is 5.10 Å². The molecule has 0 aliphatic carbocycles. The van der Waals surface area contributed by atoms with E-state index in [1.54, 1.807) is 37.3 Å². The third kappa shape index (κ3) is 5.26. The molecule has 0 fully saturated rings. The van der Waals surface area contributed by atoms with E-state index in [2.05, 4.69) is 15.3 Å². The number of hydrogen-bond acceptors (Lipinski definition) is 8. The van der Waals surface area contributed by atoms with Gasteiger partial charge in [0.25, 0.3) is 5.91 Å². The Balaban J connectivity index is 1.48. The molecule has 8 nitrogen and oxygen atoms in total. The molecule has 0 bridgehead atoms. The lowest BCUT2D eigenvalue weighted by molar-refractivity contribution is 0.0714. The van der Waals surface area contributed by atoms with Crippen LogP contribution in [0.2, 0.25) is 6.82 Å². The summed E-state index contributed by atoms with van der Waals surface area (Å²) in [5, 5.41) is 29.4. The van der Waals surface area contributed by atoms with Crippen molar-refractivity contribution in [1.29, 1.82) is 0 Å². The van der Waals surface area contributed by atoms with E-state index in [9.17, 15) is 14.9 Å². The van der Waals surface area contributed by atoms with E-state index in [1.165, 1.54) is 16.3 Å². The van der Waals surface area contributed by atoms with Gasteiger partial charge in [0.1, 0.15) is 11.6 Å². The molecule has 10 heteroatoms. The number of hydrazone groups is 1. The van der Waals surface area contributed by atoms with Crippen LogP contribution < -0.4 is 11.0 Å². The first-order chi connectivity index (χ1) is 17.9. The van der Waals surface area contributed by atoms with E-state index in [0.717, 1.165) is 21.6 Å². The number of thiophene rings is 1. The molecule has 1 amide bonds. The van der Waals surface area contributed by atoms with Crippen LogP contribution in [0.25, 0.3) is 10.4 Å². The monoisotopic (exact) mass is 511 g/mol. The third-order valence-electron chi connectivity index (χ3n) is 6.22. The minimum Gasteiger partial charge on any atom is -0.508 e. The van der Waals surface area contributed by atoms with E-state index in [1.807, 2.05) is 48.5 Å². The summed E-state index contributed by atoms with van der Waals surface area (Å²) in [7, 11) is -0.627. The highest BCUT2D eigenvalue weighted by atomic mass is 32.1. The number of benzene rings is 2. The van der Waals surface area contributed by atoms with Crippen LogP contribution in [0.1, 0.15) is 38.8 Å². The molecular weight excluding hydrogens is 485 g/mol. The van der Waals surface area contributed by atoms with Crippen molar-refractivity contribution < 1.29 is 14.9 Å². The van der Waals surface area contributed by atoms with Crippen molar-refractivity contribution in [1.82, 2.24) is 15.2 Å². The first kappa shape index (κ1) is 24.7. The molecule has 4 aromatic rings. The Bertz CT molecular complexity index is 1450.